The zero-order chi connectivity index (χ0) is 11.1. The minimum atomic E-state index is -1.10. The molecule has 0 bridgehead atoms. The molecule has 4 nitrogen and oxygen atoms in total. The van der Waals surface area contributed by atoms with Gasteiger partial charge in [0, 0.05) is 0 Å². The number of hydrogen-bond acceptors (Lipinski definition) is 3. The molecule has 4 heteroatoms. The summed E-state index contributed by atoms with van der Waals surface area (Å²) in [6.45, 7) is 2.24. The number of benzene rings is 1. The van der Waals surface area contributed by atoms with Crippen molar-refractivity contribution in [3.05, 3.63) is 34.9 Å². The maximum Gasteiger partial charge on any atom is 0.335 e. The Morgan fingerprint density at radius 1 is 1.53 bits per heavy atom. The number of aliphatic hydroxyl groups is 1. The van der Waals surface area contributed by atoms with Gasteiger partial charge >= 0.3 is 5.97 Å². The lowest BCUT2D eigenvalue weighted by Crippen LogP contribution is -2.33. The van der Waals surface area contributed by atoms with E-state index in [2.05, 4.69) is 0 Å². The van der Waals surface area contributed by atoms with Crippen LogP contribution >= 0.6 is 0 Å². The van der Waals surface area contributed by atoms with Gasteiger partial charge in [-0.15, -0.1) is 0 Å². The first-order valence-corrected chi connectivity index (χ1v) is 4.67. The van der Waals surface area contributed by atoms with Crippen molar-refractivity contribution in [1.29, 1.82) is 0 Å². The molecule has 0 spiro atoms. The molecule has 1 aliphatic rings. The first-order chi connectivity index (χ1) is 7.00. The van der Waals surface area contributed by atoms with E-state index in [-0.39, 0.29) is 12.2 Å². The lowest BCUT2D eigenvalue weighted by atomic mass is 9.89. The monoisotopic (exact) mass is 208 g/mol. The molecule has 1 heterocycles. The Balaban J connectivity index is 2.53. The number of aromatic carboxylic acids is 1. The van der Waals surface area contributed by atoms with Crippen LogP contribution in [0.3, 0.4) is 0 Å². The smallest absolute Gasteiger partial charge is 0.335 e. The van der Waals surface area contributed by atoms with Crippen LogP contribution in [0.25, 0.3) is 0 Å². The third kappa shape index (κ3) is 1.73. The van der Waals surface area contributed by atoms with Crippen molar-refractivity contribution >= 4 is 5.97 Å². The van der Waals surface area contributed by atoms with Gasteiger partial charge < -0.3 is 14.9 Å². The maximum atomic E-state index is 10.8. The highest BCUT2D eigenvalue weighted by molar-refractivity contribution is 5.88. The standard InChI is InChI=1S/C11H12O4/c1-11(14)6-15-5-8-3-2-7(10(12)13)4-9(8)11/h2-4,14H,5-6H2,1H3,(H,12,13)/t11-/m1/s1. The number of carboxylic acid groups (broad SMARTS) is 1. The van der Waals surface area contributed by atoms with E-state index < -0.39 is 11.6 Å². The molecule has 2 rings (SSSR count). The van der Waals surface area contributed by atoms with Gasteiger partial charge in [0.15, 0.2) is 0 Å². The number of fused-ring (bicyclic) bond motifs is 1. The minimum Gasteiger partial charge on any atom is -0.478 e. The van der Waals surface area contributed by atoms with Crippen LogP contribution in [0.5, 0.6) is 0 Å². The molecule has 0 saturated carbocycles. The molecule has 0 aromatic heterocycles. The largest absolute Gasteiger partial charge is 0.478 e. The normalized spacial score (nSPS) is 24.7. The van der Waals surface area contributed by atoms with E-state index in [1.165, 1.54) is 12.1 Å². The number of rotatable bonds is 1. The van der Waals surface area contributed by atoms with Crippen LogP contribution in [0.2, 0.25) is 0 Å². The highest BCUT2D eigenvalue weighted by Gasteiger charge is 2.30. The van der Waals surface area contributed by atoms with Crippen molar-refractivity contribution < 1.29 is 19.7 Å². The highest BCUT2D eigenvalue weighted by Crippen LogP contribution is 2.30. The van der Waals surface area contributed by atoms with Gasteiger partial charge in [-0.25, -0.2) is 4.79 Å². The Morgan fingerprint density at radius 3 is 2.93 bits per heavy atom. The van der Waals surface area contributed by atoms with E-state index in [4.69, 9.17) is 9.84 Å². The quantitative estimate of drug-likeness (QED) is 0.725. The van der Waals surface area contributed by atoms with Gasteiger partial charge in [0.05, 0.1) is 18.8 Å². The lowest BCUT2D eigenvalue weighted by Gasteiger charge is -2.31. The average molecular weight is 208 g/mol. The first-order valence-electron chi connectivity index (χ1n) is 4.67. The van der Waals surface area contributed by atoms with Crippen LogP contribution in [-0.4, -0.2) is 22.8 Å². The zero-order valence-corrected chi connectivity index (χ0v) is 8.36. The van der Waals surface area contributed by atoms with Crippen molar-refractivity contribution in [1.82, 2.24) is 0 Å². The molecule has 80 valence electrons. The molecule has 1 aromatic carbocycles. The molecule has 1 atom stereocenters. The van der Waals surface area contributed by atoms with Crippen molar-refractivity contribution in [3.63, 3.8) is 0 Å². The van der Waals surface area contributed by atoms with E-state index >= 15 is 0 Å². The summed E-state index contributed by atoms with van der Waals surface area (Å²) in [4.78, 5) is 10.8. The molecule has 0 aliphatic carbocycles. The molecule has 0 saturated heterocycles. The molecular formula is C11H12O4. The van der Waals surface area contributed by atoms with Crippen LogP contribution in [0, 0.1) is 0 Å². The molecule has 1 aliphatic heterocycles. The Hall–Kier alpha value is -1.39. The average Bonchev–Trinajstić information content (AvgIpc) is 2.17. The summed E-state index contributed by atoms with van der Waals surface area (Å²) in [6.07, 6.45) is 0. The minimum absolute atomic E-state index is 0.191. The predicted octanol–water partition coefficient (Wildman–Crippen LogP) is 1.12. The Morgan fingerprint density at radius 2 is 2.27 bits per heavy atom. The molecule has 0 fully saturated rings. The second-order valence-electron chi connectivity index (χ2n) is 3.94. The van der Waals surface area contributed by atoms with E-state index in [1.807, 2.05) is 0 Å². The Labute approximate surface area is 87.1 Å². The molecule has 1 aromatic rings. The van der Waals surface area contributed by atoms with Gasteiger partial charge in [0.25, 0.3) is 0 Å². The number of carbonyl (C=O) groups is 1. The van der Waals surface area contributed by atoms with Gasteiger partial charge in [-0.05, 0) is 30.2 Å². The van der Waals surface area contributed by atoms with Crippen LogP contribution in [0.15, 0.2) is 18.2 Å². The molecule has 0 radical (unpaired) electrons. The summed E-state index contributed by atoms with van der Waals surface area (Å²) in [7, 11) is 0. The van der Waals surface area contributed by atoms with Crippen LogP contribution < -0.4 is 0 Å². The highest BCUT2D eigenvalue weighted by atomic mass is 16.5. The van der Waals surface area contributed by atoms with Crippen LogP contribution in [0.4, 0.5) is 0 Å². The third-order valence-electron chi connectivity index (χ3n) is 2.58. The molecule has 0 unspecified atom stereocenters. The fourth-order valence-electron chi connectivity index (χ4n) is 1.77. The molecule has 2 N–H and O–H groups in total. The summed E-state index contributed by atoms with van der Waals surface area (Å²) in [5, 5.41) is 18.9. The number of carboxylic acids is 1. The Kier molecular flexibility index (Phi) is 2.25. The van der Waals surface area contributed by atoms with Gasteiger partial charge in [-0.1, -0.05) is 6.07 Å². The SMILES string of the molecule is C[C@@]1(O)COCc2ccc(C(=O)O)cc21. The van der Waals surface area contributed by atoms with E-state index in [0.29, 0.717) is 12.2 Å². The van der Waals surface area contributed by atoms with Gasteiger partial charge in [-0.3, -0.25) is 0 Å². The first kappa shape index (κ1) is 10.1. The van der Waals surface area contributed by atoms with Crippen molar-refractivity contribution in [2.24, 2.45) is 0 Å². The van der Waals surface area contributed by atoms with Gasteiger partial charge in [-0.2, -0.15) is 0 Å². The lowest BCUT2D eigenvalue weighted by molar-refractivity contribution is -0.0603. The third-order valence-corrected chi connectivity index (χ3v) is 2.58. The molecular weight excluding hydrogens is 196 g/mol. The van der Waals surface area contributed by atoms with E-state index in [9.17, 15) is 9.90 Å². The number of hydrogen-bond donors (Lipinski definition) is 2. The topological polar surface area (TPSA) is 66.8 Å². The van der Waals surface area contributed by atoms with Crippen molar-refractivity contribution in [2.75, 3.05) is 6.61 Å². The van der Waals surface area contributed by atoms with Crippen molar-refractivity contribution in [2.45, 2.75) is 19.1 Å². The summed E-state index contributed by atoms with van der Waals surface area (Å²) in [5.41, 5.74) is 0.583. The van der Waals surface area contributed by atoms with Crippen LogP contribution in [0.1, 0.15) is 28.4 Å². The van der Waals surface area contributed by atoms with E-state index in [1.54, 1.807) is 13.0 Å². The predicted molar refractivity (Wildman–Crippen MR) is 52.6 cm³/mol. The fourth-order valence-corrected chi connectivity index (χ4v) is 1.77. The van der Waals surface area contributed by atoms with Crippen LogP contribution in [-0.2, 0) is 16.9 Å². The summed E-state index contributed by atoms with van der Waals surface area (Å²) >= 11 is 0. The van der Waals surface area contributed by atoms with Gasteiger partial charge in [0.1, 0.15) is 5.60 Å². The van der Waals surface area contributed by atoms with E-state index in [0.717, 1.165) is 5.56 Å². The van der Waals surface area contributed by atoms with Gasteiger partial charge in [0.2, 0.25) is 0 Å². The summed E-state index contributed by atoms with van der Waals surface area (Å²) in [5.74, 6) is -0.986. The number of ether oxygens (including phenoxy) is 1. The summed E-state index contributed by atoms with van der Waals surface area (Å²) < 4.78 is 5.21. The Bertz CT molecular complexity index is 409. The second-order valence-corrected chi connectivity index (χ2v) is 3.94. The molecule has 0 amide bonds. The molecule has 15 heavy (non-hydrogen) atoms. The summed E-state index contributed by atoms with van der Waals surface area (Å²) in [6, 6.07) is 4.72. The fraction of sp³-hybridized carbons (Fsp3) is 0.364. The zero-order valence-electron chi connectivity index (χ0n) is 8.36. The maximum absolute atomic E-state index is 10.8. The van der Waals surface area contributed by atoms with Crippen molar-refractivity contribution in [3.8, 4) is 0 Å². The second kappa shape index (κ2) is 3.32.